The van der Waals surface area contributed by atoms with Crippen molar-refractivity contribution in [3.05, 3.63) is 33.7 Å². The summed E-state index contributed by atoms with van der Waals surface area (Å²) in [7, 11) is 1.68. The van der Waals surface area contributed by atoms with Crippen LogP contribution in [0.3, 0.4) is 0 Å². The van der Waals surface area contributed by atoms with E-state index in [1.807, 2.05) is 20.0 Å². The molecule has 0 bridgehead atoms. The van der Waals surface area contributed by atoms with Gasteiger partial charge in [-0.3, -0.25) is 14.6 Å². The van der Waals surface area contributed by atoms with Crippen LogP contribution in [0, 0.1) is 19.8 Å². The van der Waals surface area contributed by atoms with Crippen LogP contribution < -0.4 is 21.1 Å². The van der Waals surface area contributed by atoms with E-state index in [0.717, 1.165) is 66.3 Å². The topological polar surface area (TPSA) is 141 Å². The number of methoxy groups -OCH3 is 1. The first kappa shape index (κ1) is 25.5. The van der Waals surface area contributed by atoms with Gasteiger partial charge in [0, 0.05) is 49.4 Å². The summed E-state index contributed by atoms with van der Waals surface area (Å²) in [4.78, 5) is 38.4. The van der Waals surface area contributed by atoms with E-state index in [1.165, 1.54) is 6.92 Å². The number of nitrogens with two attached hydrogens (primary N) is 2. The molecule has 2 aliphatic heterocycles. The maximum atomic E-state index is 10.9. The molecule has 1 atom stereocenters. The van der Waals surface area contributed by atoms with Gasteiger partial charge in [-0.2, -0.15) is 4.98 Å². The Hall–Kier alpha value is -3.14. The van der Waals surface area contributed by atoms with Crippen molar-refractivity contribution in [2.75, 3.05) is 37.4 Å². The van der Waals surface area contributed by atoms with Crippen LogP contribution in [0.25, 0.3) is 0 Å². The van der Waals surface area contributed by atoms with Crippen molar-refractivity contribution in [1.82, 2.24) is 19.9 Å². The van der Waals surface area contributed by atoms with E-state index in [0.29, 0.717) is 18.2 Å². The minimum absolute atomic E-state index is 0.0287. The Labute approximate surface area is 204 Å². The Kier molecular flexibility index (Phi) is 8.14. The van der Waals surface area contributed by atoms with Crippen LogP contribution in [0.1, 0.15) is 42.1 Å². The van der Waals surface area contributed by atoms with Gasteiger partial charge < -0.3 is 26.0 Å². The van der Waals surface area contributed by atoms with Gasteiger partial charge in [-0.1, -0.05) is 11.6 Å². The van der Waals surface area contributed by atoms with Gasteiger partial charge >= 0.3 is 0 Å². The van der Waals surface area contributed by atoms with Crippen LogP contribution in [0.4, 0.5) is 11.8 Å². The Morgan fingerprint density at radius 2 is 2.00 bits per heavy atom. The number of nitrogens with zero attached hydrogens (tertiary/aromatic N) is 5. The monoisotopic (exact) mass is 489 g/mol. The molecular weight excluding hydrogens is 458 g/mol. The van der Waals surface area contributed by atoms with Crippen LogP contribution >= 0.6 is 11.6 Å². The number of anilines is 2. The van der Waals surface area contributed by atoms with Gasteiger partial charge in [0.05, 0.1) is 25.3 Å². The summed E-state index contributed by atoms with van der Waals surface area (Å²) in [5.74, 6) is 1.48. The summed E-state index contributed by atoms with van der Waals surface area (Å²) < 4.78 is 5.46. The van der Waals surface area contributed by atoms with Crippen LogP contribution in [0.2, 0.25) is 5.15 Å². The molecule has 0 aliphatic carbocycles. The fraction of sp³-hybridized carbons (Fsp3) is 0.522. The minimum atomic E-state index is -0.291. The van der Waals surface area contributed by atoms with Gasteiger partial charge in [0.15, 0.2) is 0 Å². The van der Waals surface area contributed by atoms with Gasteiger partial charge in [0.2, 0.25) is 17.8 Å². The SMILES string of the molecule is CC(=O)N1CCCC(C(N)=O)C1.COc1c(C)cnc(CN2CCc3c(Cl)nc(N)nc32)c1C. The number of fused-ring (bicyclic) bond motifs is 1. The number of pyridine rings is 1. The molecular formula is C23H32ClN7O3. The van der Waals surface area contributed by atoms with Crippen LogP contribution in [0.15, 0.2) is 6.20 Å². The van der Waals surface area contributed by atoms with Crippen LogP contribution in [0.5, 0.6) is 5.75 Å². The molecule has 4 heterocycles. The third-order valence-electron chi connectivity index (χ3n) is 6.24. The summed E-state index contributed by atoms with van der Waals surface area (Å²) in [6, 6.07) is 0. The molecule has 1 fully saturated rings. The second-order valence-electron chi connectivity index (χ2n) is 8.60. The number of nitrogen functional groups attached to an aromatic ring is 1. The fourth-order valence-electron chi connectivity index (χ4n) is 4.35. The second-order valence-corrected chi connectivity index (χ2v) is 8.96. The van der Waals surface area contributed by atoms with Crippen molar-refractivity contribution in [2.45, 2.75) is 46.6 Å². The lowest BCUT2D eigenvalue weighted by molar-refractivity contribution is -0.132. The summed E-state index contributed by atoms with van der Waals surface area (Å²) in [5.41, 5.74) is 14.9. The number of carbonyl (C=O) groups excluding carboxylic acids is 2. The standard InChI is InChI=1S/C15H18ClN5O.C8H14N2O2/c1-8-6-18-11(9(2)12(8)22-3)7-21-5-4-10-13(16)19-15(17)20-14(10)21;1-6(11)10-4-2-3-7(5-10)8(9)12/h6H,4-5,7H2,1-3H3,(H2,17,19,20);7H,2-5H2,1H3,(H2,9,12). The lowest BCUT2D eigenvalue weighted by Crippen LogP contribution is -2.43. The fourth-order valence-corrected chi connectivity index (χ4v) is 4.62. The largest absolute Gasteiger partial charge is 0.496 e. The quantitative estimate of drug-likeness (QED) is 0.621. The number of rotatable bonds is 4. The molecule has 4 rings (SSSR count). The zero-order valence-electron chi connectivity index (χ0n) is 20.1. The predicted octanol–water partition coefficient (Wildman–Crippen LogP) is 2.03. The molecule has 11 heteroatoms. The molecule has 0 radical (unpaired) electrons. The maximum absolute atomic E-state index is 10.9. The minimum Gasteiger partial charge on any atom is -0.496 e. The Morgan fingerprint density at radius 3 is 2.65 bits per heavy atom. The number of hydrogen-bond acceptors (Lipinski definition) is 8. The van der Waals surface area contributed by atoms with Crippen molar-refractivity contribution in [1.29, 1.82) is 0 Å². The highest BCUT2D eigenvalue weighted by atomic mass is 35.5. The Morgan fingerprint density at radius 1 is 1.26 bits per heavy atom. The van der Waals surface area contributed by atoms with E-state index in [2.05, 4.69) is 19.9 Å². The zero-order chi connectivity index (χ0) is 25.0. The number of aromatic nitrogens is 3. The normalized spacial score (nSPS) is 17.0. The molecule has 0 aromatic carbocycles. The van der Waals surface area contributed by atoms with Crippen molar-refractivity contribution >= 4 is 35.2 Å². The number of ether oxygens (including phenoxy) is 1. The number of halogens is 1. The predicted molar refractivity (Wildman–Crippen MR) is 131 cm³/mol. The molecule has 0 saturated carbocycles. The molecule has 34 heavy (non-hydrogen) atoms. The molecule has 1 unspecified atom stereocenters. The highest BCUT2D eigenvalue weighted by molar-refractivity contribution is 6.30. The lowest BCUT2D eigenvalue weighted by atomic mass is 9.97. The van der Waals surface area contributed by atoms with Gasteiger partial charge in [0.1, 0.15) is 16.7 Å². The van der Waals surface area contributed by atoms with Crippen LogP contribution in [-0.2, 0) is 22.6 Å². The first-order valence-corrected chi connectivity index (χ1v) is 11.6. The highest BCUT2D eigenvalue weighted by Gasteiger charge is 2.26. The van der Waals surface area contributed by atoms with Crippen molar-refractivity contribution in [3.63, 3.8) is 0 Å². The van der Waals surface area contributed by atoms with Crippen molar-refractivity contribution in [2.24, 2.45) is 11.7 Å². The number of amides is 2. The maximum Gasteiger partial charge on any atom is 0.223 e. The number of primary amides is 1. The van der Waals surface area contributed by atoms with E-state index < -0.39 is 0 Å². The van der Waals surface area contributed by atoms with E-state index in [-0.39, 0.29) is 23.7 Å². The van der Waals surface area contributed by atoms with Gasteiger partial charge in [-0.15, -0.1) is 0 Å². The average molecular weight is 490 g/mol. The Bertz CT molecular complexity index is 1060. The first-order valence-electron chi connectivity index (χ1n) is 11.2. The molecule has 0 spiro atoms. The summed E-state index contributed by atoms with van der Waals surface area (Å²) in [6.07, 6.45) is 4.35. The lowest BCUT2D eigenvalue weighted by Gasteiger charge is -2.30. The van der Waals surface area contributed by atoms with E-state index in [9.17, 15) is 9.59 Å². The number of carbonyl (C=O) groups is 2. The Balaban J connectivity index is 0.000000229. The third kappa shape index (κ3) is 5.67. The molecule has 10 nitrogen and oxygen atoms in total. The average Bonchev–Trinajstić information content (AvgIpc) is 3.19. The molecule has 2 aromatic rings. The van der Waals surface area contributed by atoms with Gasteiger partial charge in [0.25, 0.3) is 0 Å². The second kappa shape index (κ2) is 10.9. The molecule has 2 aromatic heterocycles. The molecule has 1 saturated heterocycles. The number of aryl methyl sites for hydroxylation is 1. The molecule has 2 aliphatic rings. The van der Waals surface area contributed by atoms with Gasteiger partial charge in [-0.25, -0.2) is 4.98 Å². The summed E-state index contributed by atoms with van der Waals surface area (Å²) >= 11 is 6.15. The first-order chi connectivity index (χ1) is 16.1. The number of piperidine rings is 1. The van der Waals surface area contributed by atoms with E-state index in [4.69, 9.17) is 27.8 Å². The van der Waals surface area contributed by atoms with E-state index in [1.54, 1.807) is 12.0 Å². The molecule has 184 valence electrons. The molecule has 4 N–H and O–H groups in total. The molecule has 2 amide bonds. The number of hydrogen-bond donors (Lipinski definition) is 2. The number of likely N-dealkylation sites (tertiary alicyclic amines) is 1. The zero-order valence-corrected chi connectivity index (χ0v) is 20.9. The third-order valence-corrected chi connectivity index (χ3v) is 6.56. The van der Waals surface area contributed by atoms with Gasteiger partial charge in [-0.05, 0) is 33.1 Å². The summed E-state index contributed by atoms with van der Waals surface area (Å²) in [6.45, 7) is 8.26. The van der Waals surface area contributed by atoms with Crippen molar-refractivity contribution < 1.29 is 14.3 Å². The van der Waals surface area contributed by atoms with E-state index >= 15 is 0 Å². The summed E-state index contributed by atoms with van der Waals surface area (Å²) in [5, 5.41) is 0.441. The van der Waals surface area contributed by atoms with Crippen LogP contribution in [-0.4, -0.2) is 58.4 Å². The smallest absolute Gasteiger partial charge is 0.223 e. The highest BCUT2D eigenvalue weighted by Crippen LogP contribution is 2.33. The van der Waals surface area contributed by atoms with Crippen molar-refractivity contribution in [3.8, 4) is 5.75 Å².